The van der Waals surface area contributed by atoms with E-state index in [2.05, 4.69) is 0 Å². The van der Waals surface area contributed by atoms with Crippen molar-refractivity contribution in [3.8, 4) is 0 Å². The third-order valence-corrected chi connectivity index (χ3v) is 0.440. The van der Waals surface area contributed by atoms with Crippen LogP contribution in [0.25, 0.3) is 0 Å². The summed E-state index contributed by atoms with van der Waals surface area (Å²) in [6.45, 7) is 3.20. The molecule has 0 aromatic carbocycles. The van der Waals surface area contributed by atoms with Crippen LogP contribution in [0.4, 0.5) is 0 Å². The average molecular weight is 181 g/mol. The Hall–Kier alpha value is 0.803. The number of hydrogen-bond donors (Lipinski definition) is 1. The van der Waals surface area contributed by atoms with Gasteiger partial charge in [0.2, 0.25) is 0 Å². The van der Waals surface area contributed by atoms with Crippen molar-refractivity contribution in [1.29, 1.82) is 0 Å². The summed E-state index contributed by atoms with van der Waals surface area (Å²) in [6, 6.07) is 0. The van der Waals surface area contributed by atoms with Gasteiger partial charge in [-0.25, -0.2) is 0 Å². The molecule has 0 amide bonds. The predicted molar refractivity (Wildman–Crippen MR) is 23.6 cm³/mol. The van der Waals surface area contributed by atoms with Crippen LogP contribution in [-0.2, 0) is 30.9 Å². The summed E-state index contributed by atoms with van der Waals surface area (Å²) in [6.07, 6.45) is 0. The van der Waals surface area contributed by atoms with Crippen LogP contribution in [0.2, 0.25) is 0 Å². The molecule has 0 unspecified atom stereocenters. The zero-order valence-corrected chi connectivity index (χ0v) is 6.93. The standard InChI is InChI=1S/C4H10O2.Zr/c1-2-6-4-3-5;/h5H,2-4H2,1H3;. The van der Waals surface area contributed by atoms with Gasteiger partial charge in [0, 0.05) is 32.8 Å². The summed E-state index contributed by atoms with van der Waals surface area (Å²) in [4.78, 5) is 0. The minimum absolute atomic E-state index is 0. The number of aliphatic hydroxyl groups is 1. The largest absolute Gasteiger partial charge is 0.394 e. The van der Waals surface area contributed by atoms with Crippen molar-refractivity contribution in [3.05, 3.63) is 0 Å². The van der Waals surface area contributed by atoms with Gasteiger partial charge in [-0.3, -0.25) is 0 Å². The first-order chi connectivity index (χ1) is 2.91. The minimum atomic E-state index is 0. The predicted octanol–water partition coefficient (Wildman–Crippen LogP) is 0.0127. The molecule has 0 aromatic heterocycles. The van der Waals surface area contributed by atoms with Gasteiger partial charge in [-0.1, -0.05) is 0 Å². The second kappa shape index (κ2) is 9.93. The zero-order valence-electron chi connectivity index (χ0n) is 4.48. The summed E-state index contributed by atoms with van der Waals surface area (Å²) in [5.74, 6) is 0. The third-order valence-electron chi connectivity index (χ3n) is 0.440. The molecule has 0 aliphatic carbocycles. The third kappa shape index (κ3) is 10.9. The van der Waals surface area contributed by atoms with Gasteiger partial charge >= 0.3 is 0 Å². The Labute approximate surface area is 63.0 Å². The van der Waals surface area contributed by atoms with Gasteiger partial charge in [-0.05, 0) is 6.92 Å². The van der Waals surface area contributed by atoms with E-state index in [9.17, 15) is 0 Å². The Morgan fingerprint density at radius 3 is 2.29 bits per heavy atom. The van der Waals surface area contributed by atoms with Crippen molar-refractivity contribution in [1.82, 2.24) is 0 Å². The number of aliphatic hydroxyl groups excluding tert-OH is 1. The van der Waals surface area contributed by atoms with Gasteiger partial charge in [0.15, 0.2) is 0 Å². The van der Waals surface area contributed by atoms with Gasteiger partial charge < -0.3 is 9.84 Å². The fourth-order valence-corrected chi connectivity index (χ4v) is 0.209. The maximum Gasteiger partial charge on any atom is 0.0697 e. The molecule has 0 saturated heterocycles. The van der Waals surface area contributed by atoms with Crippen LogP contribution in [0.5, 0.6) is 0 Å². The summed E-state index contributed by atoms with van der Waals surface area (Å²) >= 11 is 0. The topological polar surface area (TPSA) is 29.5 Å². The fourth-order valence-electron chi connectivity index (χ4n) is 0.209. The molecule has 1 N–H and O–H groups in total. The van der Waals surface area contributed by atoms with Crippen LogP contribution in [0, 0.1) is 0 Å². The van der Waals surface area contributed by atoms with Crippen molar-refractivity contribution in [3.63, 3.8) is 0 Å². The number of rotatable bonds is 3. The van der Waals surface area contributed by atoms with Crippen LogP contribution in [0.3, 0.4) is 0 Å². The molecule has 0 radical (unpaired) electrons. The first kappa shape index (κ1) is 10.7. The summed E-state index contributed by atoms with van der Waals surface area (Å²) < 4.78 is 4.73. The second-order valence-corrected chi connectivity index (χ2v) is 0.921. The maximum absolute atomic E-state index is 8.07. The molecule has 0 atom stereocenters. The van der Waals surface area contributed by atoms with Gasteiger partial charge in [0.1, 0.15) is 0 Å². The minimum Gasteiger partial charge on any atom is -0.394 e. The van der Waals surface area contributed by atoms with Crippen LogP contribution < -0.4 is 0 Å². The summed E-state index contributed by atoms with van der Waals surface area (Å²) in [5.41, 5.74) is 0. The van der Waals surface area contributed by atoms with Crippen molar-refractivity contribution in [2.45, 2.75) is 6.92 Å². The van der Waals surface area contributed by atoms with E-state index in [0.717, 1.165) is 0 Å². The van der Waals surface area contributed by atoms with Gasteiger partial charge in [0.25, 0.3) is 0 Å². The van der Waals surface area contributed by atoms with Crippen molar-refractivity contribution >= 4 is 0 Å². The molecule has 0 aromatic rings. The Bertz CT molecular complexity index is 21.7. The molecule has 3 heteroatoms. The van der Waals surface area contributed by atoms with Crippen LogP contribution in [0.15, 0.2) is 0 Å². The van der Waals surface area contributed by atoms with Crippen molar-refractivity contribution < 1.29 is 36.0 Å². The monoisotopic (exact) mass is 180 g/mol. The number of ether oxygens (including phenoxy) is 1. The molecular weight excluding hydrogens is 171 g/mol. The molecule has 0 saturated carbocycles. The van der Waals surface area contributed by atoms with Gasteiger partial charge in [-0.2, -0.15) is 0 Å². The summed E-state index contributed by atoms with van der Waals surface area (Å²) in [7, 11) is 0. The smallest absolute Gasteiger partial charge is 0.0697 e. The molecule has 7 heavy (non-hydrogen) atoms. The molecular formula is C4H10O2Zr. The first-order valence-corrected chi connectivity index (χ1v) is 2.10. The van der Waals surface area contributed by atoms with E-state index in [4.69, 9.17) is 9.84 Å². The van der Waals surface area contributed by atoms with E-state index in [1.165, 1.54) is 0 Å². The van der Waals surface area contributed by atoms with E-state index < -0.39 is 0 Å². The normalized spacial score (nSPS) is 7.71. The fraction of sp³-hybridized carbons (Fsp3) is 1.00. The molecule has 0 aliphatic heterocycles. The van der Waals surface area contributed by atoms with E-state index in [1.807, 2.05) is 6.92 Å². The maximum atomic E-state index is 8.07. The average Bonchev–Trinajstić information content (AvgIpc) is 1.61. The van der Waals surface area contributed by atoms with Crippen molar-refractivity contribution in [2.24, 2.45) is 0 Å². The summed E-state index contributed by atoms with van der Waals surface area (Å²) in [5, 5.41) is 8.07. The van der Waals surface area contributed by atoms with Crippen LogP contribution >= 0.6 is 0 Å². The van der Waals surface area contributed by atoms with E-state index >= 15 is 0 Å². The second-order valence-electron chi connectivity index (χ2n) is 0.921. The molecule has 2 nitrogen and oxygen atoms in total. The van der Waals surface area contributed by atoms with E-state index in [-0.39, 0.29) is 32.8 Å². The number of hydrogen-bond acceptors (Lipinski definition) is 2. The molecule has 0 heterocycles. The zero-order chi connectivity index (χ0) is 4.83. The van der Waals surface area contributed by atoms with E-state index in [0.29, 0.717) is 13.2 Å². The molecule has 0 spiro atoms. The van der Waals surface area contributed by atoms with Crippen molar-refractivity contribution in [2.75, 3.05) is 19.8 Å². The molecule has 0 fully saturated rings. The molecule has 42 valence electrons. The SMILES string of the molecule is CCOCCO.[Zr]. The van der Waals surface area contributed by atoms with Crippen LogP contribution in [-0.4, -0.2) is 24.9 Å². The van der Waals surface area contributed by atoms with Gasteiger partial charge in [-0.15, -0.1) is 0 Å². The first-order valence-electron chi connectivity index (χ1n) is 2.10. The Kier molecular flexibility index (Phi) is 15.2. The Balaban J connectivity index is 0. The Morgan fingerprint density at radius 1 is 1.57 bits per heavy atom. The van der Waals surface area contributed by atoms with E-state index in [1.54, 1.807) is 0 Å². The molecule has 0 rings (SSSR count). The van der Waals surface area contributed by atoms with Gasteiger partial charge in [0.05, 0.1) is 13.2 Å². The quantitative estimate of drug-likeness (QED) is 0.622. The molecule has 0 bridgehead atoms. The Morgan fingerprint density at radius 2 is 2.14 bits per heavy atom. The van der Waals surface area contributed by atoms with Crippen LogP contribution in [0.1, 0.15) is 6.92 Å². The molecule has 0 aliphatic rings.